The van der Waals surface area contributed by atoms with Gasteiger partial charge < -0.3 is 10.4 Å². The van der Waals surface area contributed by atoms with Crippen LogP contribution in [0.5, 0.6) is 0 Å². The molecule has 2 unspecified atom stereocenters. The smallest absolute Gasteiger partial charge is 0.252 e. The maximum Gasteiger partial charge on any atom is 0.252 e. The molecule has 0 aromatic carbocycles. The lowest BCUT2D eigenvalue weighted by atomic mass is 9.88. The maximum absolute atomic E-state index is 11.8. The van der Waals surface area contributed by atoms with Crippen LogP contribution in [0.25, 0.3) is 0 Å². The Kier molecular flexibility index (Phi) is 5.11. The Hall–Kier alpha value is -1.13. The number of nitrogens with zero attached hydrogens (tertiary/aromatic N) is 1. The van der Waals surface area contributed by atoms with Gasteiger partial charge in [-0.05, 0) is 25.0 Å². The van der Waals surface area contributed by atoms with Crippen LogP contribution in [-0.2, 0) is 0 Å². The minimum absolute atomic E-state index is 0.112. The molecule has 1 amide bonds. The normalized spacial score (nSPS) is 15.8. The van der Waals surface area contributed by atoms with Crippen LogP contribution in [0.4, 0.5) is 0 Å². The van der Waals surface area contributed by atoms with Crippen molar-refractivity contribution >= 4 is 17.5 Å². The second-order valence-corrected chi connectivity index (χ2v) is 5.11. The van der Waals surface area contributed by atoms with E-state index in [1.54, 1.807) is 19.1 Å². The first-order chi connectivity index (χ1) is 8.36. The molecule has 0 bridgehead atoms. The molecule has 100 valence electrons. The third-order valence-electron chi connectivity index (χ3n) is 3.27. The van der Waals surface area contributed by atoms with Gasteiger partial charge in [-0.1, -0.05) is 31.9 Å². The molecule has 1 aromatic rings. The zero-order valence-corrected chi connectivity index (χ0v) is 11.7. The fraction of sp³-hybridized carbons (Fsp3) is 0.538. The summed E-state index contributed by atoms with van der Waals surface area (Å²) in [5.74, 6) is -0.149. The number of hydrogen-bond acceptors (Lipinski definition) is 3. The summed E-state index contributed by atoms with van der Waals surface area (Å²) in [5, 5.41) is 13.2. The topological polar surface area (TPSA) is 62.2 Å². The lowest BCUT2D eigenvalue weighted by Gasteiger charge is -2.29. The molecule has 1 aromatic heterocycles. The molecule has 1 heterocycles. The number of nitrogens with one attached hydrogen (secondary N) is 1. The predicted octanol–water partition coefficient (Wildman–Crippen LogP) is 2.26. The number of halogens is 1. The Balaban J connectivity index is 2.58. The maximum atomic E-state index is 11.8. The van der Waals surface area contributed by atoms with Gasteiger partial charge in [-0.3, -0.25) is 4.79 Å². The molecular weight excluding hydrogens is 252 g/mol. The van der Waals surface area contributed by atoms with Crippen molar-refractivity contribution in [1.82, 2.24) is 10.3 Å². The molecular formula is C13H19ClN2O2. The van der Waals surface area contributed by atoms with Crippen LogP contribution >= 0.6 is 11.6 Å². The molecule has 0 aliphatic carbocycles. The highest BCUT2D eigenvalue weighted by Crippen LogP contribution is 2.19. The first-order valence-corrected chi connectivity index (χ1v) is 6.36. The third kappa shape index (κ3) is 3.96. The lowest BCUT2D eigenvalue weighted by molar-refractivity contribution is 0.00592. The summed E-state index contributed by atoms with van der Waals surface area (Å²) in [6, 6.07) is 3.16. The fourth-order valence-corrected chi connectivity index (χ4v) is 1.60. The van der Waals surface area contributed by atoms with Gasteiger partial charge in [0.2, 0.25) is 0 Å². The first-order valence-electron chi connectivity index (χ1n) is 5.99. The Morgan fingerprint density at radius 1 is 1.61 bits per heavy atom. The minimum Gasteiger partial charge on any atom is -0.388 e. The van der Waals surface area contributed by atoms with Gasteiger partial charge in [0.05, 0.1) is 11.2 Å². The summed E-state index contributed by atoms with van der Waals surface area (Å²) in [5.41, 5.74) is -0.482. The van der Waals surface area contributed by atoms with Gasteiger partial charge in [0.15, 0.2) is 0 Å². The van der Waals surface area contributed by atoms with E-state index in [2.05, 4.69) is 10.3 Å². The number of aromatic nitrogens is 1. The van der Waals surface area contributed by atoms with Gasteiger partial charge in [-0.15, -0.1) is 0 Å². The Morgan fingerprint density at radius 3 is 2.78 bits per heavy atom. The van der Waals surface area contributed by atoms with Crippen LogP contribution in [0.3, 0.4) is 0 Å². The average molecular weight is 271 g/mol. The average Bonchev–Trinajstić information content (AvgIpc) is 2.35. The van der Waals surface area contributed by atoms with Crippen molar-refractivity contribution in [3.63, 3.8) is 0 Å². The molecule has 0 saturated heterocycles. The first kappa shape index (κ1) is 14.9. The second kappa shape index (κ2) is 6.16. The van der Waals surface area contributed by atoms with E-state index in [4.69, 9.17) is 11.6 Å². The number of aliphatic hydroxyl groups is 1. The Bertz CT molecular complexity index is 404. The number of carbonyl (C=O) groups is 1. The molecule has 2 atom stereocenters. The van der Waals surface area contributed by atoms with Gasteiger partial charge in [-0.25, -0.2) is 4.98 Å². The predicted molar refractivity (Wildman–Crippen MR) is 71.7 cm³/mol. The van der Waals surface area contributed by atoms with Crippen LogP contribution in [-0.4, -0.2) is 28.1 Å². The second-order valence-electron chi connectivity index (χ2n) is 4.72. The zero-order valence-electron chi connectivity index (χ0n) is 10.9. The molecule has 0 aliphatic rings. The molecule has 0 radical (unpaired) electrons. The molecule has 0 fully saturated rings. The van der Waals surface area contributed by atoms with Gasteiger partial charge in [0.25, 0.3) is 5.91 Å². The number of carbonyl (C=O) groups excluding carboxylic acids is 1. The van der Waals surface area contributed by atoms with Crippen LogP contribution in [0, 0.1) is 5.92 Å². The molecule has 1 rings (SSSR count). The van der Waals surface area contributed by atoms with Crippen molar-refractivity contribution in [2.75, 3.05) is 6.54 Å². The summed E-state index contributed by atoms with van der Waals surface area (Å²) in [6.07, 6.45) is 2.26. The fourth-order valence-electron chi connectivity index (χ4n) is 1.49. The summed E-state index contributed by atoms with van der Waals surface area (Å²) in [6.45, 7) is 5.89. The summed E-state index contributed by atoms with van der Waals surface area (Å²) < 4.78 is 0. The molecule has 18 heavy (non-hydrogen) atoms. The van der Waals surface area contributed by atoms with Crippen molar-refractivity contribution in [3.8, 4) is 0 Å². The van der Waals surface area contributed by atoms with Crippen LogP contribution in [0.1, 0.15) is 37.6 Å². The highest BCUT2D eigenvalue weighted by atomic mass is 35.5. The highest BCUT2D eigenvalue weighted by molar-refractivity contribution is 6.29. The van der Waals surface area contributed by atoms with Gasteiger partial charge in [0.1, 0.15) is 5.15 Å². The van der Waals surface area contributed by atoms with E-state index >= 15 is 0 Å². The molecule has 5 heteroatoms. The SMILES string of the molecule is CCC(C)C(C)(O)CNC(=O)c1ccc(Cl)nc1. The van der Waals surface area contributed by atoms with Gasteiger partial charge in [-0.2, -0.15) is 0 Å². The van der Waals surface area contributed by atoms with E-state index in [1.165, 1.54) is 6.20 Å². The number of pyridine rings is 1. The van der Waals surface area contributed by atoms with E-state index in [0.29, 0.717) is 10.7 Å². The van der Waals surface area contributed by atoms with Crippen LogP contribution in [0.15, 0.2) is 18.3 Å². The van der Waals surface area contributed by atoms with Crippen molar-refractivity contribution in [2.24, 2.45) is 5.92 Å². The molecule has 0 aliphatic heterocycles. The monoisotopic (exact) mass is 270 g/mol. The largest absolute Gasteiger partial charge is 0.388 e. The quantitative estimate of drug-likeness (QED) is 0.807. The number of rotatable bonds is 5. The van der Waals surface area contributed by atoms with Gasteiger partial charge >= 0.3 is 0 Å². The number of amides is 1. The van der Waals surface area contributed by atoms with E-state index < -0.39 is 5.60 Å². The molecule has 0 spiro atoms. The van der Waals surface area contributed by atoms with Crippen molar-refractivity contribution in [2.45, 2.75) is 32.8 Å². The molecule has 4 nitrogen and oxygen atoms in total. The van der Waals surface area contributed by atoms with E-state index in [-0.39, 0.29) is 18.4 Å². The summed E-state index contributed by atoms with van der Waals surface area (Å²) in [7, 11) is 0. The van der Waals surface area contributed by atoms with Crippen LogP contribution in [0.2, 0.25) is 5.15 Å². The number of hydrogen-bond donors (Lipinski definition) is 2. The third-order valence-corrected chi connectivity index (χ3v) is 3.49. The minimum atomic E-state index is -0.912. The van der Waals surface area contributed by atoms with Crippen molar-refractivity contribution < 1.29 is 9.90 Å². The highest BCUT2D eigenvalue weighted by Gasteiger charge is 2.27. The van der Waals surface area contributed by atoms with E-state index in [9.17, 15) is 9.90 Å². The van der Waals surface area contributed by atoms with E-state index in [1.807, 2.05) is 13.8 Å². The van der Waals surface area contributed by atoms with Crippen LogP contribution < -0.4 is 5.32 Å². The summed E-state index contributed by atoms with van der Waals surface area (Å²) >= 11 is 5.64. The Morgan fingerprint density at radius 2 is 2.28 bits per heavy atom. The molecule has 2 N–H and O–H groups in total. The summed E-state index contributed by atoms with van der Waals surface area (Å²) in [4.78, 5) is 15.6. The van der Waals surface area contributed by atoms with Gasteiger partial charge in [0, 0.05) is 12.7 Å². The van der Waals surface area contributed by atoms with E-state index in [0.717, 1.165) is 6.42 Å². The Labute approximate surface area is 112 Å². The van der Waals surface area contributed by atoms with Crippen molar-refractivity contribution in [3.05, 3.63) is 29.0 Å². The van der Waals surface area contributed by atoms with Crippen molar-refractivity contribution in [1.29, 1.82) is 0 Å². The molecule has 0 saturated carbocycles. The zero-order chi connectivity index (χ0) is 13.8. The lowest BCUT2D eigenvalue weighted by Crippen LogP contribution is -2.45. The standard InChI is InChI=1S/C13H19ClN2O2/c1-4-9(2)13(3,18)8-16-12(17)10-5-6-11(14)15-7-10/h5-7,9,18H,4,8H2,1-3H3,(H,16,17).